The average molecular weight is 255 g/mol. The van der Waals surface area contributed by atoms with E-state index in [9.17, 15) is 13.2 Å². The molecule has 0 aromatic heterocycles. The van der Waals surface area contributed by atoms with Gasteiger partial charge >= 0.3 is 5.97 Å². The van der Waals surface area contributed by atoms with Gasteiger partial charge < -0.3 is 5.11 Å². The molecule has 1 aromatic carbocycles. The Morgan fingerprint density at radius 3 is 2.76 bits per heavy atom. The number of carbonyl (C=O) groups is 1. The highest BCUT2D eigenvalue weighted by Gasteiger charge is 2.17. The van der Waals surface area contributed by atoms with E-state index in [4.69, 9.17) is 5.11 Å². The van der Waals surface area contributed by atoms with Gasteiger partial charge in [0.05, 0.1) is 11.4 Å². The van der Waals surface area contributed by atoms with E-state index in [1.807, 2.05) is 4.90 Å². The normalized spacial score (nSPS) is 15.8. The molecule has 1 aliphatic heterocycles. The fourth-order valence-corrected chi connectivity index (χ4v) is 2.60. The molecule has 1 aliphatic rings. The van der Waals surface area contributed by atoms with Gasteiger partial charge in [-0.3, -0.25) is 4.90 Å². The second kappa shape index (κ2) is 4.85. The van der Waals surface area contributed by atoms with Crippen LogP contribution in [0.4, 0.5) is 0 Å². The summed E-state index contributed by atoms with van der Waals surface area (Å²) >= 11 is 0. The third-order valence-corrected chi connectivity index (χ3v) is 3.49. The number of benzene rings is 1. The van der Waals surface area contributed by atoms with Crippen molar-refractivity contribution in [2.45, 2.75) is 13.0 Å². The van der Waals surface area contributed by atoms with Gasteiger partial charge in [-0.25, -0.2) is 13.2 Å². The van der Waals surface area contributed by atoms with Crippen molar-refractivity contribution in [3.05, 3.63) is 34.9 Å². The number of aromatic carboxylic acids is 1. The Kier molecular flexibility index (Phi) is 3.44. The van der Waals surface area contributed by atoms with E-state index in [0.717, 1.165) is 11.1 Å². The number of thiol groups is 1. The maximum Gasteiger partial charge on any atom is 0.335 e. The number of fused-ring (bicyclic) bond motifs is 1. The zero-order chi connectivity index (χ0) is 12.4. The summed E-state index contributed by atoms with van der Waals surface area (Å²) in [5.41, 5.74) is 2.30. The van der Waals surface area contributed by atoms with Crippen molar-refractivity contribution >= 4 is 16.7 Å². The van der Waals surface area contributed by atoms with E-state index in [1.165, 1.54) is 0 Å². The van der Waals surface area contributed by atoms with Gasteiger partial charge in [-0.05, 0) is 29.7 Å². The Labute approximate surface area is 101 Å². The lowest BCUT2D eigenvalue weighted by molar-refractivity contribution is 0.0696. The molecule has 2 rings (SSSR count). The Bertz CT molecular complexity index is 516. The minimum atomic E-state index is -2.40. The lowest BCUT2D eigenvalue weighted by Crippen LogP contribution is -2.32. The van der Waals surface area contributed by atoms with Crippen molar-refractivity contribution in [2.75, 3.05) is 12.4 Å². The molecule has 0 atom stereocenters. The standard InChI is InChI=1S/C11H13NO4S/c13-11(14)9-1-2-10-6-12(7-17(15)16)4-3-8(10)5-9/h1-2,5,17H,3-4,6-7H2,(H,13,14). The fraction of sp³-hybridized carbons (Fsp3) is 0.364. The van der Waals surface area contributed by atoms with E-state index in [0.29, 0.717) is 19.5 Å². The third-order valence-electron chi connectivity index (χ3n) is 2.86. The lowest BCUT2D eigenvalue weighted by atomic mass is 9.98. The summed E-state index contributed by atoms with van der Waals surface area (Å²) in [7, 11) is -2.40. The molecule has 1 N–H and O–H groups in total. The Hall–Kier alpha value is -1.40. The van der Waals surface area contributed by atoms with Crippen LogP contribution in [0.1, 0.15) is 21.5 Å². The molecule has 0 bridgehead atoms. The number of nitrogens with zero attached hydrogens (tertiary/aromatic N) is 1. The van der Waals surface area contributed by atoms with E-state index < -0.39 is 16.7 Å². The molecular formula is C11H13NO4S. The summed E-state index contributed by atoms with van der Waals surface area (Å²) in [6, 6.07) is 5.00. The Morgan fingerprint density at radius 2 is 2.12 bits per heavy atom. The summed E-state index contributed by atoms with van der Waals surface area (Å²) in [5.74, 6) is -0.868. The summed E-state index contributed by atoms with van der Waals surface area (Å²) in [4.78, 5) is 12.6. The molecule has 92 valence electrons. The van der Waals surface area contributed by atoms with Crippen LogP contribution in [0, 0.1) is 0 Å². The number of hydrogen-bond donors (Lipinski definition) is 2. The summed E-state index contributed by atoms with van der Waals surface area (Å²) < 4.78 is 21.3. The van der Waals surface area contributed by atoms with Gasteiger partial charge in [0, 0.05) is 13.1 Å². The minimum Gasteiger partial charge on any atom is -0.478 e. The molecule has 5 nitrogen and oxygen atoms in total. The van der Waals surface area contributed by atoms with Crippen molar-refractivity contribution in [1.82, 2.24) is 4.90 Å². The van der Waals surface area contributed by atoms with Crippen molar-refractivity contribution in [1.29, 1.82) is 0 Å². The molecule has 0 saturated carbocycles. The van der Waals surface area contributed by atoms with Gasteiger partial charge in [-0.2, -0.15) is 0 Å². The van der Waals surface area contributed by atoms with E-state index in [-0.39, 0.29) is 11.4 Å². The highest BCUT2D eigenvalue weighted by atomic mass is 32.2. The monoisotopic (exact) mass is 255 g/mol. The largest absolute Gasteiger partial charge is 0.478 e. The van der Waals surface area contributed by atoms with Crippen molar-refractivity contribution in [3.8, 4) is 0 Å². The van der Waals surface area contributed by atoms with Crippen LogP contribution in [-0.2, 0) is 23.7 Å². The maximum atomic E-state index is 10.8. The number of carboxylic acids is 1. The first-order valence-corrected chi connectivity index (χ1v) is 6.62. The molecule has 0 unspecified atom stereocenters. The van der Waals surface area contributed by atoms with Crippen molar-refractivity contribution in [3.63, 3.8) is 0 Å². The van der Waals surface area contributed by atoms with Gasteiger partial charge in [0.1, 0.15) is 0 Å². The van der Waals surface area contributed by atoms with E-state index in [2.05, 4.69) is 0 Å². The second-order valence-electron chi connectivity index (χ2n) is 4.07. The first-order valence-electron chi connectivity index (χ1n) is 5.25. The summed E-state index contributed by atoms with van der Waals surface area (Å²) in [5, 5.41) is 8.87. The Morgan fingerprint density at radius 1 is 1.35 bits per heavy atom. The number of hydrogen-bond acceptors (Lipinski definition) is 4. The molecule has 0 aliphatic carbocycles. The molecule has 0 saturated heterocycles. The van der Waals surface area contributed by atoms with Gasteiger partial charge in [-0.15, -0.1) is 0 Å². The van der Waals surface area contributed by atoms with Crippen LogP contribution in [0.25, 0.3) is 0 Å². The molecule has 0 amide bonds. The highest BCUT2D eigenvalue weighted by molar-refractivity contribution is 7.72. The number of carboxylic acid groups (broad SMARTS) is 1. The first-order chi connectivity index (χ1) is 8.06. The first kappa shape index (κ1) is 12.1. The molecular weight excluding hydrogens is 242 g/mol. The van der Waals surface area contributed by atoms with Gasteiger partial charge in [0.25, 0.3) is 0 Å². The van der Waals surface area contributed by atoms with E-state index >= 15 is 0 Å². The van der Waals surface area contributed by atoms with Gasteiger partial charge in [-0.1, -0.05) is 6.07 Å². The number of rotatable bonds is 3. The quantitative estimate of drug-likeness (QED) is 0.760. The van der Waals surface area contributed by atoms with Crippen molar-refractivity contribution < 1.29 is 18.3 Å². The highest BCUT2D eigenvalue weighted by Crippen LogP contribution is 2.20. The topological polar surface area (TPSA) is 74.7 Å². The summed E-state index contributed by atoms with van der Waals surface area (Å²) in [6.45, 7) is 1.22. The molecule has 1 aromatic rings. The second-order valence-corrected chi connectivity index (χ2v) is 5.01. The molecule has 0 fully saturated rings. The lowest BCUT2D eigenvalue weighted by Gasteiger charge is -2.26. The van der Waals surface area contributed by atoms with Crippen LogP contribution in [0.3, 0.4) is 0 Å². The third kappa shape index (κ3) is 2.83. The zero-order valence-electron chi connectivity index (χ0n) is 9.13. The maximum absolute atomic E-state index is 10.8. The summed E-state index contributed by atoms with van der Waals surface area (Å²) in [6.07, 6.45) is 0.694. The molecule has 0 spiro atoms. The van der Waals surface area contributed by atoms with Crippen molar-refractivity contribution in [2.24, 2.45) is 0 Å². The van der Waals surface area contributed by atoms with E-state index in [1.54, 1.807) is 18.2 Å². The van der Waals surface area contributed by atoms with Crippen LogP contribution in [0.5, 0.6) is 0 Å². The van der Waals surface area contributed by atoms with Gasteiger partial charge in [0.15, 0.2) is 10.7 Å². The minimum absolute atomic E-state index is 0.0649. The predicted octanol–water partition coefficient (Wildman–Crippen LogP) is 0.312. The molecule has 0 radical (unpaired) electrons. The smallest absolute Gasteiger partial charge is 0.335 e. The molecule has 6 heteroatoms. The zero-order valence-corrected chi connectivity index (χ0v) is 10.0. The van der Waals surface area contributed by atoms with Crippen LogP contribution < -0.4 is 0 Å². The molecule has 1 heterocycles. The Balaban J connectivity index is 2.20. The van der Waals surface area contributed by atoms with Crippen LogP contribution in [0.2, 0.25) is 0 Å². The fourth-order valence-electron chi connectivity index (χ4n) is 2.03. The average Bonchev–Trinajstić information content (AvgIpc) is 2.27. The van der Waals surface area contributed by atoms with Gasteiger partial charge in [0.2, 0.25) is 0 Å². The SMILES string of the molecule is O=C(O)c1ccc2c(c1)CCN(C[SH](=O)=O)C2. The van der Waals surface area contributed by atoms with Crippen LogP contribution in [-0.4, -0.2) is 36.8 Å². The van der Waals surface area contributed by atoms with Crippen LogP contribution >= 0.6 is 0 Å². The predicted molar refractivity (Wildman–Crippen MR) is 62.7 cm³/mol. The molecule has 17 heavy (non-hydrogen) atoms. The van der Waals surface area contributed by atoms with Crippen LogP contribution in [0.15, 0.2) is 18.2 Å².